The molecule has 3 heterocycles. The second kappa shape index (κ2) is 8.21. The number of esters is 1. The van der Waals surface area contributed by atoms with E-state index in [9.17, 15) is 4.79 Å². The van der Waals surface area contributed by atoms with Gasteiger partial charge in [0, 0.05) is 20.9 Å². The zero-order valence-electron chi connectivity index (χ0n) is 17.5. The molecule has 0 amide bonds. The first-order valence-corrected chi connectivity index (χ1v) is 10.6. The SMILES string of the molecule is CCOC(=O)C(OC(C)(C)C)c1c(C)sc(C)c1-c1ccc2c(n1)CCCO2. The minimum Gasteiger partial charge on any atom is -0.492 e. The first kappa shape index (κ1) is 20.8. The van der Waals surface area contributed by atoms with Crippen molar-refractivity contribution in [2.45, 2.75) is 66.1 Å². The predicted molar refractivity (Wildman–Crippen MR) is 111 cm³/mol. The highest BCUT2D eigenvalue weighted by Crippen LogP contribution is 2.42. The summed E-state index contributed by atoms with van der Waals surface area (Å²) in [6.07, 6.45) is 1.09. The number of aromatic nitrogens is 1. The monoisotopic (exact) mass is 403 g/mol. The Balaban J connectivity index is 2.12. The number of aryl methyl sites for hydroxylation is 3. The molecule has 0 radical (unpaired) electrons. The van der Waals surface area contributed by atoms with E-state index in [0.717, 1.165) is 57.5 Å². The van der Waals surface area contributed by atoms with Crippen LogP contribution in [0.4, 0.5) is 0 Å². The maximum Gasteiger partial charge on any atom is 0.340 e. The van der Waals surface area contributed by atoms with Crippen molar-refractivity contribution in [3.8, 4) is 17.0 Å². The second-order valence-corrected chi connectivity index (χ2v) is 9.39. The molecule has 0 aromatic carbocycles. The number of carbonyl (C=O) groups is 1. The third-order valence-electron chi connectivity index (χ3n) is 4.55. The van der Waals surface area contributed by atoms with Gasteiger partial charge in [-0.15, -0.1) is 11.3 Å². The molecule has 0 saturated heterocycles. The standard InChI is InChI=1S/C22H29NO4S/c1-7-25-21(24)20(27-22(4,5)6)19-14(3)28-13(2)18(19)16-10-11-17-15(23-16)9-8-12-26-17/h10-11,20H,7-9,12H2,1-6H3. The molecule has 2 aromatic rings. The van der Waals surface area contributed by atoms with Crippen molar-refractivity contribution in [1.82, 2.24) is 4.98 Å². The van der Waals surface area contributed by atoms with Gasteiger partial charge in [-0.3, -0.25) is 0 Å². The average Bonchev–Trinajstić information content (AvgIpc) is 2.92. The number of hydrogen-bond acceptors (Lipinski definition) is 6. The van der Waals surface area contributed by atoms with Crippen molar-refractivity contribution in [3.63, 3.8) is 0 Å². The lowest BCUT2D eigenvalue weighted by Crippen LogP contribution is -2.29. The summed E-state index contributed by atoms with van der Waals surface area (Å²) in [4.78, 5) is 19.9. The number of hydrogen-bond donors (Lipinski definition) is 0. The van der Waals surface area contributed by atoms with Crippen LogP contribution in [-0.4, -0.2) is 29.8 Å². The summed E-state index contributed by atoms with van der Waals surface area (Å²) in [7, 11) is 0. The fourth-order valence-corrected chi connectivity index (χ4v) is 4.59. The molecule has 6 heteroatoms. The molecule has 3 rings (SSSR count). The van der Waals surface area contributed by atoms with E-state index in [-0.39, 0.29) is 5.97 Å². The zero-order valence-corrected chi connectivity index (χ0v) is 18.4. The van der Waals surface area contributed by atoms with Crippen molar-refractivity contribution in [2.75, 3.05) is 13.2 Å². The molecular formula is C22H29NO4S. The van der Waals surface area contributed by atoms with Crippen molar-refractivity contribution < 1.29 is 19.0 Å². The smallest absolute Gasteiger partial charge is 0.340 e. The third-order valence-corrected chi connectivity index (χ3v) is 5.58. The molecule has 1 aliphatic heterocycles. The van der Waals surface area contributed by atoms with Crippen LogP contribution in [0.1, 0.15) is 61.2 Å². The molecule has 5 nitrogen and oxygen atoms in total. The zero-order chi connectivity index (χ0) is 20.5. The van der Waals surface area contributed by atoms with Gasteiger partial charge in [-0.2, -0.15) is 0 Å². The van der Waals surface area contributed by atoms with Crippen molar-refractivity contribution in [1.29, 1.82) is 0 Å². The summed E-state index contributed by atoms with van der Waals surface area (Å²) >= 11 is 1.66. The maximum absolute atomic E-state index is 12.8. The van der Waals surface area contributed by atoms with Gasteiger partial charge >= 0.3 is 5.97 Å². The van der Waals surface area contributed by atoms with Gasteiger partial charge in [0.1, 0.15) is 5.75 Å². The van der Waals surface area contributed by atoms with Crippen molar-refractivity contribution >= 4 is 17.3 Å². The first-order chi connectivity index (χ1) is 13.2. The molecule has 0 saturated carbocycles. The predicted octanol–water partition coefficient (Wildman–Crippen LogP) is 5.17. The minimum absolute atomic E-state index is 0.314. The Morgan fingerprint density at radius 3 is 2.71 bits per heavy atom. The highest BCUT2D eigenvalue weighted by molar-refractivity contribution is 7.12. The summed E-state index contributed by atoms with van der Waals surface area (Å²) in [5.74, 6) is 0.495. The van der Waals surface area contributed by atoms with Crippen LogP contribution >= 0.6 is 11.3 Å². The number of fused-ring (bicyclic) bond motifs is 1. The normalized spacial score (nSPS) is 14.9. The van der Waals surface area contributed by atoms with Crippen LogP contribution < -0.4 is 4.74 Å². The molecule has 0 spiro atoms. The van der Waals surface area contributed by atoms with Gasteiger partial charge in [0.25, 0.3) is 0 Å². The Morgan fingerprint density at radius 1 is 1.29 bits per heavy atom. The van der Waals surface area contributed by atoms with Crippen LogP contribution in [0.3, 0.4) is 0 Å². The van der Waals surface area contributed by atoms with Crippen molar-refractivity contribution in [2.24, 2.45) is 0 Å². The number of ether oxygens (including phenoxy) is 3. The highest BCUT2D eigenvalue weighted by atomic mass is 32.1. The molecule has 0 fully saturated rings. The molecule has 0 bridgehead atoms. The molecule has 152 valence electrons. The summed E-state index contributed by atoms with van der Waals surface area (Å²) in [6.45, 7) is 12.8. The summed E-state index contributed by atoms with van der Waals surface area (Å²) in [5, 5.41) is 0. The van der Waals surface area contributed by atoms with Gasteiger partial charge in [-0.05, 0) is 66.5 Å². The number of rotatable bonds is 5. The van der Waals surface area contributed by atoms with E-state index in [1.54, 1.807) is 11.3 Å². The number of nitrogens with zero attached hydrogens (tertiary/aromatic N) is 1. The number of pyridine rings is 1. The molecule has 1 atom stereocenters. The number of carbonyl (C=O) groups excluding carboxylic acids is 1. The largest absolute Gasteiger partial charge is 0.492 e. The summed E-state index contributed by atoms with van der Waals surface area (Å²) in [5.41, 5.74) is 3.17. The van der Waals surface area contributed by atoms with Gasteiger partial charge in [-0.1, -0.05) is 0 Å². The maximum atomic E-state index is 12.8. The molecule has 0 aliphatic carbocycles. The Kier molecular flexibility index (Phi) is 6.10. The summed E-state index contributed by atoms with van der Waals surface area (Å²) in [6, 6.07) is 3.96. The van der Waals surface area contributed by atoms with E-state index < -0.39 is 11.7 Å². The first-order valence-electron chi connectivity index (χ1n) is 9.78. The minimum atomic E-state index is -0.783. The van der Waals surface area contributed by atoms with Crippen LogP contribution in [0.5, 0.6) is 5.75 Å². The van der Waals surface area contributed by atoms with Gasteiger partial charge in [-0.25, -0.2) is 9.78 Å². The van der Waals surface area contributed by atoms with E-state index in [4.69, 9.17) is 19.2 Å². The average molecular weight is 404 g/mol. The fraction of sp³-hybridized carbons (Fsp3) is 0.545. The molecular weight excluding hydrogens is 374 g/mol. The van der Waals surface area contributed by atoms with Gasteiger partial charge in [0.05, 0.1) is 30.2 Å². The van der Waals surface area contributed by atoms with Crippen LogP contribution in [0.2, 0.25) is 0 Å². The molecule has 0 N–H and O–H groups in total. The van der Waals surface area contributed by atoms with E-state index in [1.165, 1.54) is 0 Å². The third kappa shape index (κ3) is 4.39. The van der Waals surface area contributed by atoms with Gasteiger partial charge in [0.2, 0.25) is 0 Å². The summed E-state index contributed by atoms with van der Waals surface area (Å²) < 4.78 is 17.2. The Hall–Kier alpha value is -1.92. The van der Waals surface area contributed by atoms with E-state index >= 15 is 0 Å². The quantitative estimate of drug-likeness (QED) is 0.645. The molecule has 1 aliphatic rings. The van der Waals surface area contributed by atoms with Crippen LogP contribution in [0.15, 0.2) is 12.1 Å². The van der Waals surface area contributed by atoms with Crippen LogP contribution in [0.25, 0.3) is 11.3 Å². The van der Waals surface area contributed by atoms with E-state index in [1.807, 2.05) is 46.8 Å². The van der Waals surface area contributed by atoms with Crippen LogP contribution in [-0.2, 0) is 20.7 Å². The second-order valence-electron chi connectivity index (χ2n) is 7.96. The van der Waals surface area contributed by atoms with Crippen molar-refractivity contribution in [3.05, 3.63) is 33.1 Å². The van der Waals surface area contributed by atoms with Gasteiger partial charge in [0.15, 0.2) is 6.10 Å². The lowest BCUT2D eigenvalue weighted by Gasteiger charge is -2.27. The van der Waals surface area contributed by atoms with Crippen LogP contribution in [0, 0.1) is 13.8 Å². The Labute approximate surface area is 171 Å². The molecule has 28 heavy (non-hydrogen) atoms. The lowest BCUT2D eigenvalue weighted by atomic mass is 9.98. The Bertz CT molecular complexity index is 866. The fourth-order valence-electron chi connectivity index (χ4n) is 3.49. The lowest BCUT2D eigenvalue weighted by molar-refractivity contribution is -0.166. The molecule has 1 unspecified atom stereocenters. The Morgan fingerprint density at radius 2 is 2.04 bits per heavy atom. The van der Waals surface area contributed by atoms with E-state index in [0.29, 0.717) is 6.61 Å². The number of thiophene rings is 1. The van der Waals surface area contributed by atoms with E-state index in [2.05, 4.69) is 6.92 Å². The topological polar surface area (TPSA) is 57.7 Å². The highest BCUT2D eigenvalue weighted by Gasteiger charge is 2.34. The molecule has 2 aromatic heterocycles. The van der Waals surface area contributed by atoms with Gasteiger partial charge < -0.3 is 14.2 Å².